The minimum Gasteiger partial charge on any atom is -0.385 e. The average molecular weight is 203 g/mol. The molecule has 0 saturated heterocycles. The van der Waals surface area contributed by atoms with Crippen LogP contribution in [0.4, 0.5) is 4.39 Å². The Morgan fingerprint density at radius 3 is 2.85 bits per heavy atom. The maximum absolute atomic E-state index is 13.0. The van der Waals surface area contributed by atoms with E-state index in [-0.39, 0.29) is 17.0 Å². The Morgan fingerprint density at radius 1 is 1.62 bits per heavy atom. The highest BCUT2D eigenvalue weighted by Crippen LogP contribution is 2.19. The molecule has 1 aromatic rings. The minimum atomic E-state index is -1.20. The Morgan fingerprint density at radius 2 is 2.31 bits per heavy atom. The third kappa shape index (κ3) is 2.50. The number of carbonyl (C=O) groups is 1. The molecular formula is C9H8ClFO2. The van der Waals surface area contributed by atoms with Crippen molar-refractivity contribution in [3.8, 4) is 0 Å². The number of halogens is 2. The summed E-state index contributed by atoms with van der Waals surface area (Å²) in [5, 5.41) is 9.19. The molecule has 1 aromatic carbocycles. The van der Waals surface area contributed by atoms with E-state index in [9.17, 15) is 9.18 Å². The van der Waals surface area contributed by atoms with E-state index in [1.165, 1.54) is 18.2 Å². The summed E-state index contributed by atoms with van der Waals surface area (Å²) < 4.78 is 13.0. The van der Waals surface area contributed by atoms with Gasteiger partial charge in [0.05, 0.1) is 0 Å². The summed E-state index contributed by atoms with van der Waals surface area (Å²) in [4.78, 5) is 10.1. The molecule has 4 heteroatoms. The molecule has 0 radical (unpaired) electrons. The van der Waals surface area contributed by atoms with E-state index in [0.717, 1.165) is 0 Å². The van der Waals surface area contributed by atoms with Crippen molar-refractivity contribution in [2.24, 2.45) is 0 Å². The number of hydrogen-bond donors (Lipinski definition) is 1. The number of aldehydes is 1. The normalized spacial score (nSPS) is 12.5. The Bertz CT molecular complexity index is 294. The topological polar surface area (TPSA) is 37.3 Å². The molecule has 0 heterocycles. The molecule has 0 aliphatic carbocycles. The fourth-order valence-corrected chi connectivity index (χ4v) is 1.22. The monoisotopic (exact) mass is 202 g/mol. The van der Waals surface area contributed by atoms with Gasteiger partial charge in [-0.05, 0) is 12.1 Å². The Hall–Kier alpha value is -0.930. The van der Waals surface area contributed by atoms with Crippen LogP contribution < -0.4 is 0 Å². The lowest BCUT2D eigenvalue weighted by atomic mass is 10.1. The van der Waals surface area contributed by atoms with Crippen molar-refractivity contribution in [3.63, 3.8) is 0 Å². The van der Waals surface area contributed by atoms with Crippen LogP contribution in [0.15, 0.2) is 18.2 Å². The zero-order chi connectivity index (χ0) is 9.84. The van der Waals surface area contributed by atoms with E-state index in [0.29, 0.717) is 6.29 Å². The highest BCUT2D eigenvalue weighted by molar-refractivity contribution is 6.31. The maximum atomic E-state index is 13.0. The predicted molar refractivity (Wildman–Crippen MR) is 47.2 cm³/mol. The smallest absolute Gasteiger partial charge is 0.148 e. The van der Waals surface area contributed by atoms with Crippen LogP contribution in [0.3, 0.4) is 0 Å². The molecule has 0 saturated carbocycles. The summed E-state index contributed by atoms with van der Waals surface area (Å²) in [6, 6.07) is 4.21. The van der Waals surface area contributed by atoms with Gasteiger partial charge in [-0.25, -0.2) is 4.39 Å². The Kier molecular flexibility index (Phi) is 3.39. The zero-order valence-electron chi connectivity index (χ0n) is 6.71. The van der Waals surface area contributed by atoms with Crippen molar-refractivity contribution in [2.45, 2.75) is 12.5 Å². The summed E-state index contributed by atoms with van der Waals surface area (Å²) in [6.45, 7) is 0. The third-order valence-corrected chi connectivity index (χ3v) is 1.99. The van der Waals surface area contributed by atoms with Gasteiger partial charge in [0.25, 0.3) is 0 Å². The number of hydrogen-bond acceptors (Lipinski definition) is 2. The molecular weight excluding hydrogens is 195 g/mol. The molecule has 0 aromatic heterocycles. The van der Waals surface area contributed by atoms with Crippen LogP contribution in [0.2, 0.25) is 5.02 Å². The summed E-state index contributed by atoms with van der Waals surface area (Å²) in [5.74, 6) is -0.506. The van der Waals surface area contributed by atoms with Crippen LogP contribution >= 0.6 is 11.6 Å². The van der Waals surface area contributed by atoms with Crippen LogP contribution in [-0.2, 0) is 11.2 Å². The molecule has 70 valence electrons. The zero-order valence-corrected chi connectivity index (χ0v) is 7.46. The number of aliphatic hydroxyl groups excluding tert-OH is 1. The Labute approximate surface area is 80.0 Å². The number of rotatable bonds is 3. The van der Waals surface area contributed by atoms with Gasteiger partial charge in [0, 0.05) is 17.0 Å². The van der Waals surface area contributed by atoms with Gasteiger partial charge >= 0.3 is 0 Å². The van der Waals surface area contributed by atoms with E-state index >= 15 is 0 Å². The van der Waals surface area contributed by atoms with E-state index < -0.39 is 11.9 Å². The molecule has 0 aliphatic heterocycles. The summed E-state index contributed by atoms with van der Waals surface area (Å²) in [7, 11) is 0. The second-order valence-corrected chi connectivity index (χ2v) is 3.01. The lowest BCUT2D eigenvalue weighted by Crippen LogP contribution is -2.12. The first-order chi connectivity index (χ1) is 6.15. The second-order valence-electron chi connectivity index (χ2n) is 2.61. The van der Waals surface area contributed by atoms with Gasteiger partial charge in [-0.3, -0.25) is 0 Å². The van der Waals surface area contributed by atoms with Crippen molar-refractivity contribution < 1.29 is 14.3 Å². The Balaban J connectivity index is 2.93. The maximum Gasteiger partial charge on any atom is 0.148 e. The molecule has 1 atom stereocenters. The average Bonchev–Trinajstić information content (AvgIpc) is 2.11. The van der Waals surface area contributed by atoms with E-state index in [1.807, 2.05) is 0 Å². The van der Waals surface area contributed by atoms with Gasteiger partial charge in [0.1, 0.15) is 18.2 Å². The number of carbonyl (C=O) groups excluding carboxylic acids is 1. The predicted octanol–water partition coefficient (Wildman–Crippen LogP) is 1.58. The molecule has 0 aliphatic rings. The van der Waals surface area contributed by atoms with Gasteiger partial charge in [0.2, 0.25) is 0 Å². The van der Waals surface area contributed by atoms with Crippen LogP contribution in [0.25, 0.3) is 0 Å². The number of benzene rings is 1. The lowest BCUT2D eigenvalue weighted by molar-refractivity contribution is -0.114. The molecule has 1 rings (SSSR count). The first-order valence-corrected chi connectivity index (χ1v) is 4.09. The van der Waals surface area contributed by atoms with Crippen LogP contribution in [0.1, 0.15) is 5.56 Å². The van der Waals surface area contributed by atoms with Gasteiger partial charge in [-0.1, -0.05) is 17.7 Å². The van der Waals surface area contributed by atoms with Crippen molar-refractivity contribution in [3.05, 3.63) is 34.6 Å². The van der Waals surface area contributed by atoms with Crippen LogP contribution in [0.5, 0.6) is 0 Å². The highest BCUT2D eigenvalue weighted by Gasteiger charge is 2.11. The minimum absolute atomic E-state index is 0.0883. The first kappa shape index (κ1) is 10.2. The van der Waals surface area contributed by atoms with E-state index in [1.54, 1.807) is 0 Å². The van der Waals surface area contributed by atoms with Gasteiger partial charge < -0.3 is 9.90 Å². The second kappa shape index (κ2) is 4.35. The van der Waals surface area contributed by atoms with E-state index in [4.69, 9.17) is 16.7 Å². The summed E-state index contributed by atoms with van der Waals surface area (Å²) in [6.07, 6.45) is -0.938. The van der Waals surface area contributed by atoms with Gasteiger partial charge in [-0.2, -0.15) is 0 Å². The van der Waals surface area contributed by atoms with Crippen LogP contribution in [-0.4, -0.2) is 17.5 Å². The molecule has 13 heavy (non-hydrogen) atoms. The fraction of sp³-hybridized carbons (Fsp3) is 0.222. The van der Waals surface area contributed by atoms with Crippen molar-refractivity contribution in [1.29, 1.82) is 0 Å². The standard InChI is InChI=1S/C9H8ClFO2/c10-8-2-1-3-9(11)7(8)4-6(13)5-12/h1-3,5-6,13H,4H2. The lowest BCUT2D eigenvalue weighted by Gasteiger charge is -2.06. The molecule has 0 fully saturated rings. The first-order valence-electron chi connectivity index (χ1n) is 3.71. The third-order valence-electron chi connectivity index (χ3n) is 1.63. The largest absolute Gasteiger partial charge is 0.385 e. The molecule has 0 bridgehead atoms. The SMILES string of the molecule is O=CC(O)Cc1c(F)cccc1Cl. The summed E-state index contributed by atoms with van der Waals surface area (Å²) in [5.41, 5.74) is 0.170. The van der Waals surface area contributed by atoms with Gasteiger partial charge in [0.15, 0.2) is 0 Å². The molecule has 0 spiro atoms. The fourth-order valence-electron chi connectivity index (χ4n) is 0.985. The molecule has 1 N–H and O–H groups in total. The number of aliphatic hydroxyl groups is 1. The van der Waals surface area contributed by atoms with Crippen molar-refractivity contribution in [1.82, 2.24) is 0 Å². The van der Waals surface area contributed by atoms with Crippen LogP contribution in [0, 0.1) is 5.82 Å². The van der Waals surface area contributed by atoms with Crippen molar-refractivity contribution in [2.75, 3.05) is 0 Å². The van der Waals surface area contributed by atoms with Crippen molar-refractivity contribution >= 4 is 17.9 Å². The van der Waals surface area contributed by atoms with Gasteiger partial charge in [-0.15, -0.1) is 0 Å². The summed E-state index contributed by atoms with van der Waals surface area (Å²) >= 11 is 5.66. The molecule has 0 amide bonds. The quantitative estimate of drug-likeness (QED) is 0.756. The highest BCUT2D eigenvalue weighted by atomic mass is 35.5. The molecule has 1 unspecified atom stereocenters. The molecule has 2 nitrogen and oxygen atoms in total. The van der Waals surface area contributed by atoms with E-state index in [2.05, 4.69) is 0 Å².